The Hall–Kier alpha value is -1.86. The monoisotopic (exact) mass is 432 g/mol. The summed E-state index contributed by atoms with van der Waals surface area (Å²) in [5.74, 6) is -1.96. The molecule has 5 rings (SSSR count). The maximum atomic E-state index is 15.4. The molecule has 168 valence electrons. The van der Waals surface area contributed by atoms with Gasteiger partial charge in [-0.1, -0.05) is 19.9 Å². The highest BCUT2D eigenvalue weighted by molar-refractivity contribution is 6.01. The average molecular weight is 432 g/mol. The first-order valence-corrected chi connectivity index (χ1v) is 11.1. The Kier molecular flexibility index (Phi) is 4.16. The summed E-state index contributed by atoms with van der Waals surface area (Å²) in [6, 6.07) is 0. The number of epoxide rings is 1. The molecule has 0 aromatic rings. The molecule has 3 saturated carbocycles. The minimum absolute atomic E-state index is 0.129. The van der Waals surface area contributed by atoms with Crippen LogP contribution in [-0.4, -0.2) is 52.7 Å². The number of esters is 1. The van der Waals surface area contributed by atoms with E-state index in [0.29, 0.717) is 18.4 Å². The molecule has 0 aromatic carbocycles. The molecule has 4 fully saturated rings. The molecule has 6 nitrogen and oxygen atoms in total. The Morgan fingerprint density at radius 2 is 2.00 bits per heavy atom. The van der Waals surface area contributed by atoms with Gasteiger partial charge in [0.2, 0.25) is 5.78 Å². The lowest BCUT2D eigenvalue weighted by Crippen LogP contribution is -2.63. The maximum Gasteiger partial charge on any atom is 0.303 e. The van der Waals surface area contributed by atoms with Crippen LogP contribution in [0.1, 0.15) is 47.0 Å². The summed E-state index contributed by atoms with van der Waals surface area (Å²) in [5.41, 5.74) is -3.35. The summed E-state index contributed by atoms with van der Waals surface area (Å²) in [4.78, 5) is 36.3. The lowest BCUT2D eigenvalue weighted by atomic mass is 9.46. The van der Waals surface area contributed by atoms with Gasteiger partial charge in [-0.2, -0.15) is 0 Å². The highest BCUT2D eigenvalue weighted by Gasteiger charge is 2.82. The first kappa shape index (κ1) is 21.0. The smallest absolute Gasteiger partial charge is 0.303 e. The van der Waals surface area contributed by atoms with Gasteiger partial charge in [-0.15, -0.1) is 0 Å². The second-order valence-corrected chi connectivity index (χ2v) is 10.6. The number of Topliss-reactive ketones (excluding diaryl/α,β-unsaturated/α-hetero) is 1. The van der Waals surface area contributed by atoms with Gasteiger partial charge in [0.1, 0.15) is 17.4 Å². The zero-order valence-electron chi connectivity index (χ0n) is 18.3. The van der Waals surface area contributed by atoms with E-state index >= 15 is 4.39 Å². The third-order valence-electron chi connectivity index (χ3n) is 9.33. The quantitative estimate of drug-likeness (QED) is 0.544. The van der Waals surface area contributed by atoms with Crippen LogP contribution < -0.4 is 0 Å². The van der Waals surface area contributed by atoms with Crippen LogP contribution in [-0.2, 0) is 23.9 Å². The van der Waals surface area contributed by atoms with Crippen molar-refractivity contribution >= 4 is 17.5 Å². The number of carbonyl (C=O) groups excluding carboxylic acids is 3. The molecular weight excluding hydrogens is 403 g/mol. The van der Waals surface area contributed by atoms with E-state index in [4.69, 9.17) is 9.47 Å². The molecule has 0 amide bonds. The molecule has 1 spiro atoms. The molecule has 5 unspecified atom stereocenters. The number of rotatable bonds is 3. The van der Waals surface area contributed by atoms with Gasteiger partial charge in [0.05, 0.1) is 6.10 Å². The van der Waals surface area contributed by atoms with Gasteiger partial charge in [0, 0.05) is 17.8 Å². The minimum Gasteiger partial charge on any atom is -0.458 e. The van der Waals surface area contributed by atoms with E-state index in [2.05, 4.69) is 0 Å². The van der Waals surface area contributed by atoms with Gasteiger partial charge in [-0.3, -0.25) is 14.4 Å². The molecule has 1 heterocycles. The second-order valence-electron chi connectivity index (χ2n) is 10.6. The Labute approximate surface area is 180 Å². The number of allylic oxidation sites excluding steroid dienone is 2. The summed E-state index contributed by atoms with van der Waals surface area (Å²) >= 11 is 0. The molecule has 1 saturated heterocycles. The largest absolute Gasteiger partial charge is 0.458 e. The number of hydrogen-bond acceptors (Lipinski definition) is 6. The van der Waals surface area contributed by atoms with Crippen molar-refractivity contribution in [3.63, 3.8) is 0 Å². The third kappa shape index (κ3) is 2.31. The molecule has 5 aliphatic rings. The second kappa shape index (κ2) is 6.13. The topological polar surface area (TPSA) is 93.2 Å². The number of halogens is 1. The molecule has 1 N–H and O–H groups in total. The van der Waals surface area contributed by atoms with Crippen LogP contribution in [0.2, 0.25) is 0 Å². The van der Waals surface area contributed by atoms with E-state index in [-0.39, 0.29) is 36.1 Å². The van der Waals surface area contributed by atoms with E-state index in [1.54, 1.807) is 6.08 Å². The van der Waals surface area contributed by atoms with Gasteiger partial charge < -0.3 is 14.6 Å². The Morgan fingerprint density at radius 1 is 1.29 bits per heavy atom. The fourth-order valence-electron chi connectivity index (χ4n) is 7.85. The number of ether oxygens (including phenoxy) is 2. The SMILES string of the molecule is CC(=O)OCC(=O)[C@@]1(O)C(C)CC2C3C[C@H](F)C4=CC(=O)C=CC4(C)[C@@]34O[C@@H]4CC21C. The van der Waals surface area contributed by atoms with Crippen LogP contribution in [0.5, 0.6) is 0 Å². The summed E-state index contributed by atoms with van der Waals surface area (Å²) in [5, 5.41) is 11.8. The number of ketones is 2. The highest BCUT2D eigenvalue weighted by Crippen LogP contribution is 2.76. The zero-order valence-corrected chi connectivity index (χ0v) is 18.3. The number of hydrogen-bond donors (Lipinski definition) is 1. The van der Waals surface area contributed by atoms with Gasteiger partial charge in [0.15, 0.2) is 12.4 Å². The molecule has 9 atom stereocenters. The van der Waals surface area contributed by atoms with Crippen molar-refractivity contribution in [2.75, 3.05) is 6.61 Å². The molecule has 4 aliphatic carbocycles. The Bertz CT molecular complexity index is 956. The van der Waals surface area contributed by atoms with Gasteiger partial charge in [0.25, 0.3) is 0 Å². The van der Waals surface area contributed by atoms with E-state index in [1.165, 1.54) is 19.1 Å². The van der Waals surface area contributed by atoms with Gasteiger partial charge in [-0.25, -0.2) is 4.39 Å². The Balaban J connectivity index is 1.55. The van der Waals surface area contributed by atoms with E-state index < -0.39 is 46.6 Å². The standard InChI is InChI=1S/C24H29FO6/c1-12-7-15-16-9-18(25)17-8-14(27)5-6-21(17,3)24(16)20(31-24)10-22(15,4)23(12,29)19(28)11-30-13(2)26/h5-6,8,12,15-16,18,20,29H,7,9-11H2,1-4H3/t12?,15?,16?,18-,20+,21?,22?,23-,24+/m0/s1. The van der Waals surface area contributed by atoms with E-state index in [1.807, 2.05) is 20.8 Å². The lowest BCUT2D eigenvalue weighted by Gasteiger charge is -2.56. The lowest BCUT2D eigenvalue weighted by molar-refractivity contribution is -0.171. The van der Waals surface area contributed by atoms with Crippen LogP contribution in [0, 0.1) is 28.6 Å². The third-order valence-corrected chi connectivity index (χ3v) is 9.33. The molecule has 31 heavy (non-hydrogen) atoms. The molecule has 0 aromatic heterocycles. The Morgan fingerprint density at radius 3 is 2.68 bits per heavy atom. The average Bonchev–Trinajstić information content (AvgIpc) is 3.38. The van der Waals surface area contributed by atoms with Crippen LogP contribution in [0.25, 0.3) is 0 Å². The fraction of sp³-hybridized carbons (Fsp3) is 0.708. The van der Waals surface area contributed by atoms with Crippen molar-refractivity contribution in [2.45, 2.75) is 70.4 Å². The number of carbonyl (C=O) groups is 3. The summed E-state index contributed by atoms with van der Waals surface area (Å²) in [7, 11) is 0. The minimum atomic E-state index is -1.67. The fourth-order valence-corrected chi connectivity index (χ4v) is 7.85. The predicted octanol–water partition coefficient (Wildman–Crippen LogP) is 2.48. The highest BCUT2D eigenvalue weighted by atomic mass is 19.1. The van der Waals surface area contributed by atoms with Gasteiger partial charge in [-0.05, 0) is 61.7 Å². The molecule has 7 heteroatoms. The zero-order chi connectivity index (χ0) is 22.6. The number of aliphatic hydroxyl groups is 1. The molecule has 0 radical (unpaired) electrons. The van der Waals surface area contributed by atoms with Crippen molar-refractivity contribution in [1.82, 2.24) is 0 Å². The van der Waals surface area contributed by atoms with Crippen molar-refractivity contribution in [3.05, 3.63) is 23.8 Å². The molecule has 0 bridgehead atoms. The number of alkyl halides is 1. The molecule has 1 aliphatic heterocycles. The van der Waals surface area contributed by atoms with Crippen LogP contribution in [0.4, 0.5) is 4.39 Å². The van der Waals surface area contributed by atoms with Crippen molar-refractivity contribution in [3.8, 4) is 0 Å². The summed E-state index contributed by atoms with van der Waals surface area (Å²) in [6.07, 6.45) is 4.42. The van der Waals surface area contributed by atoms with Gasteiger partial charge >= 0.3 is 5.97 Å². The van der Waals surface area contributed by atoms with E-state index in [9.17, 15) is 19.5 Å². The van der Waals surface area contributed by atoms with Crippen LogP contribution in [0.3, 0.4) is 0 Å². The first-order valence-electron chi connectivity index (χ1n) is 11.1. The van der Waals surface area contributed by atoms with Crippen LogP contribution >= 0.6 is 0 Å². The summed E-state index contributed by atoms with van der Waals surface area (Å²) < 4.78 is 26.7. The maximum absolute atomic E-state index is 15.4. The molecular formula is C24H29FO6. The van der Waals surface area contributed by atoms with Crippen molar-refractivity contribution < 1.29 is 33.4 Å². The number of fused-ring (bicyclic) bond motifs is 3. The normalized spacial score (nSPS) is 51.7. The van der Waals surface area contributed by atoms with E-state index in [0.717, 1.165) is 0 Å². The predicted molar refractivity (Wildman–Crippen MR) is 108 cm³/mol. The van der Waals surface area contributed by atoms with Crippen molar-refractivity contribution in [2.24, 2.45) is 28.6 Å². The first-order chi connectivity index (χ1) is 14.4. The summed E-state index contributed by atoms with van der Waals surface area (Å²) in [6.45, 7) is 6.45. The van der Waals surface area contributed by atoms with Crippen LogP contribution in [0.15, 0.2) is 23.8 Å². The van der Waals surface area contributed by atoms with Crippen molar-refractivity contribution in [1.29, 1.82) is 0 Å².